The molecule has 0 saturated heterocycles. The number of hydrogen-bond donors (Lipinski definition) is 0. The van der Waals surface area contributed by atoms with Crippen molar-refractivity contribution in [3.05, 3.63) is 29.8 Å². The fraction of sp³-hybridized carbons (Fsp3) is 0.500. The minimum atomic E-state index is 1.26. The maximum Gasteiger partial charge on any atom is 0.0101 e. The van der Waals surface area contributed by atoms with E-state index in [1.54, 1.807) is 0 Å². The number of aryl methyl sites for hydroxylation is 1. The first-order valence-corrected chi connectivity index (χ1v) is 7.40. The van der Waals surface area contributed by atoms with E-state index in [-0.39, 0.29) is 0 Å². The highest BCUT2D eigenvalue weighted by Gasteiger charge is 1.96. The van der Waals surface area contributed by atoms with Gasteiger partial charge in [-0.05, 0) is 49.2 Å². The largest absolute Gasteiger partial charge is 0.165 e. The lowest BCUT2D eigenvalue weighted by Gasteiger charge is -2.04. The quantitative estimate of drug-likeness (QED) is 0.526. The van der Waals surface area contributed by atoms with Gasteiger partial charge in [-0.15, -0.1) is 11.8 Å². The summed E-state index contributed by atoms with van der Waals surface area (Å²) in [6.07, 6.45) is 4.86. The molecule has 0 amide bonds. The number of thioether (sulfide) groups is 2. The van der Waals surface area contributed by atoms with Crippen molar-refractivity contribution in [2.75, 3.05) is 17.8 Å². The number of hydrogen-bond acceptors (Lipinski definition) is 2. The van der Waals surface area contributed by atoms with Crippen molar-refractivity contribution < 1.29 is 0 Å². The number of benzene rings is 1. The molecular formula is C12H18S2. The Morgan fingerprint density at radius 3 is 2.50 bits per heavy atom. The highest BCUT2D eigenvalue weighted by atomic mass is 32.2. The summed E-state index contributed by atoms with van der Waals surface area (Å²) in [5.41, 5.74) is 1.40. The van der Waals surface area contributed by atoms with E-state index in [4.69, 9.17) is 0 Å². The molecule has 0 aliphatic carbocycles. The maximum absolute atomic E-state index is 2.22. The summed E-state index contributed by atoms with van der Waals surface area (Å²) < 4.78 is 0. The molecule has 1 rings (SSSR count). The molecule has 0 nitrogen and oxygen atoms in total. The van der Waals surface area contributed by atoms with Crippen molar-refractivity contribution in [1.82, 2.24) is 0 Å². The zero-order valence-electron chi connectivity index (χ0n) is 8.95. The Morgan fingerprint density at radius 2 is 1.79 bits per heavy atom. The van der Waals surface area contributed by atoms with Gasteiger partial charge in [0.1, 0.15) is 0 Å². The molecule has 1 aromatic carbocycles. The minimum Gasteiger partial charge on any atom is -0.165 e. The SMILES string of the molecule is CSCCCCSc1ccccc1C. The second-order valence-corrected chi connectivity index (χ2v) is 5.44. The Labute approximate surface area is 95.9 Å². The molecule has 0 spiro atoms. The molecule has 0 radical (unpaired) electrons. The minimum absolute atomic E-state index is 1.26. The van der Waals surface area contributed by atoms with Crippen LogP contribution >= 0.6 is 23.5 Å². The molecule has 0 N–H and O–H groups in total. The summed E-state index contributed by atoms with van der Waals surface area (Å²) in [5.74, 6) is 2.56. The molecule has 0 unspecified atom stereocenters. The van der Waals surface area contributed by atoms with Crippen molar-refractivity contribution in [3.8, 4) is 0 Å². The Morgan fingerprint density at radius 1 is 1.07 bits per heavy atom. The number of unbranched alkanes of at least 4 members (excludes halogenated alkanes) is 1. The molecule has 2 heteroatoms. The van der Waals surface area contributed by atoms with Crippen LogP contribution in [0, 0.1) is 6.92 Å². The molecule has 78 valence electrons. The Hall–Kier alpha value is -0.0800. The summed E-state index contributed by atoms with van der Waals surface area (Å²) in [6, 6.07) is 8.63. The molecular weight excluding hydrogens is 208 g/mol. The molecule has 0 atom stereocenters. The van der Waals surface area contributed by atoms with Crippen LogP contribution < -0.4 is 0 Å². The van der Waals surface area contributed by atoms with Crippen LogP contribution in [0.1, 0.15) is 18.4 Å². The summed E-state index contributed by atoms with van der Waals surface area (Å²) >= 11 is 3.93. The van der Waals surface area contributed by atoms with E-state index >= 15 is 0 Å². The van der Waals surface area contributed by atoms with Crippen LogP contribution in [0.4, 0.5) is 0 Å². The van der Waals surface area contributed by atoms with E-state index in [2.05, 4.69) is 37.4 Å². The van der Waals surface area contributed by atoms with Gasteiger partial charge in [-0.3, -0.25) is 0 Å². The van der Waals surface area contributed by atoms with Gasteiger partial charge in [0.2, 0.25) is 0 Å². The molecule has 14 heavy (non-hydrogen) atoms. The molecule has 0 aliphatic heterocycles. The first kappa shape index (κ1) is 12.0. The zero-order chi connectivity index (χ0) is 10.2. The zero-order valence-corrected chi connectivity index (χ0v) is 10.6. The Bertz CT molecular complexity index is 258. The first-order valence-electron chi connectivity index (χ1n) is 5.02. The van der Waals surface area contributed by atoms with Gasteiger partial charge in [-0.1, -0.05) is 18.2 Å². The smallest absolute Gasteiger partial charge is 0.0101 e. The van der Waals surface area contributed by atoms with Crippen LogP contribution in [0.15, 0.2) is 29.2 Å². The predicted octanol–water partition coefficient (Wildman–Crippen LogP) is 4.23. The van der Waals surface area contributed by atoms with Crippen molar-refractivity contribution in [2.24, 2.45) is 0 Å². The van der Waals surface area contributed by atoms with Gasteiger partial charge in [0.25, 0.3) is 0 Å². The molecule has 0 heterocycles. The number of rotatable bonds is 6. The summed E-state index contributed by atoms with van der Waals surface area (Å²) in [4.78, 5) is 1.44. The third-order valence-corrected chi connectivity index (χ3v) is 4.05. The summed E-state index contributed by atoms with van der Waals surface area (Å²) in [6.45, 7) is 2.18. The van der Waals surface area contributed by atoms with Gasteiger partial charge in [-0.25, -0.2) is 0 Å². The first-order chi connectivity index (χ1) is 6.84. The van der Waals surface area contributed by atoms with Crippen molar-refractivity contribution >= 4 is 23.5 Å². The van der Waals surface area contributed by atoms with E-state index in [9.17, 15) is 0 Å². The third kappa shape index (κ3) is 4.43. The van der Waals surface area contributed by atoms with Gasteiger partial charge in [0.05, 0.1) is 0 Å². The lowest BCUT2D eigenvalue weighted by atomic mass is 10.2. The van der Waals surface area contributed by atoms with E-state index < -0.39 is 0 Å². The van der Waals surface area contributed by atoms with E-state index in [1.807, 2.05) is 23.5 Å². The molecule has 1 aromatic rings. The Balaban J connectivity index is 2.21. The predicted molar refractivity (Wildman–Crippen MR) is 69.5 cm³/mol. The normalized spacial score (nSPS) is 10.4. The van der Waals surface area contributed by atoms with Crippen LogP contribution in [-0.2, 0) is 0 Å². The second kappa shape index (κ2) is 7.24. The highest BCUT2D eigenvalue weighted by Crippen LogP contribution is 2.22. The van der Waals surface area contributed by atoms with E-state index in [1.165, 1.54) is 34.8 Å². The highest BCUT2D eigenvalue weighted by molar-refractivity contribution is 7.99. The van der Waals surface area contributed by atoms with Gasteiger partial charge < -0.3 is 0 Å². The van der Waals surface area contributed by atoms with Crippen molar-refractivity contribution in [3.63, 3.8) is 0 Å². The van der Waals surface area contributed by atoms with Gasteiger partial charge in [0, 0.05) is 4.90 Å². The lowest BCUT2D eigenvalue weighted by Crippen LogP contribution is -1.85. The summed E-state index contributed by atoms with van der Waals surface area (Å²) in [7, 11) is 0. The average Bonchev–Trinajstić information content (AvgIpc) is 2.20. The van der Waals surface area contributed by atoms with Gasteiger partial charge >= 0.3 is 0 Å². The average molecular weight is 226 g/mol. The van der Waals surface area contributed by atoms with Crippen LogP contribution in [-0.4, -0.2) is 17.8 Å². The molecule has 0 aromatic heterocycles. The Kier molecular flexibility index (Phi) is 6.20. The van der Waals surface area contributed by atoms with Gasteiger partial charge in [0.15, 0.2) is 0 Å². The fourth-order valence-electron chi connectivity index (χ4n) is 1.25. The molecule has 0 aliphatic rings. The molecule has 0 fully saturated rings. The fourth-order valence-corrected chi connectivity index (χ4v) is 2.78. The summed E-state index contributed by atoms with van der Waals surface area (Å²) in [5, 5.41) is 0. The topological polar surface area (TPSA) is 0 Å². The van der Waals surface area contributed by atoms with Crippen LogP contribution in [0.3, 0.4) is 0 Å². The maximum atomic E-state index is 2.22. The lowest BCUT2D eigenvalue weighted by molar-refractivity contribution is 0.908. The van der Waals surface area contributed by atoms with Crippen LogP contribution in [0.2, 0.25) is 0 Å². The van der Waals surface area contributed by atoms with Gasteiger partial charge in [-0.2, -0.15) is 11.8 Å². The second-order valence-electron chi connectivity index (χ2n) is 3.31. The molecule has 0 bridgehead atoms. The third-order valence-electron chi connectivity index (χ3n) is 2.09. The van der Waals surface area contributed by atoms with Crippen molar-refractivity contribution in [1.29, 1.82) is 0 Å². The van der Waals surface area contributed by atoms with Crippen LogP contribution in [0.25, 0.3) is 0 Å². The molecule has 0 saturated carbocycles. The van der Waals surface area contributed by atoms with Crippen molar-refractivity contribution in [2.45, 2.75) is 24.7 Å². The standard InChI is InChI=1S/C12H18S2/c1-11-7-3-4-8-12(11)14-10-6-5-9-13-2/h3-4,7-8H,5-6,9-10H2,1-2H3. The van der Waals surface area contributed by atoms with E-state index in [0.29, 0.717) is 0 Å². The monoisotopic (exact) mass is 226 g/mol. The van der Waals surface area contributed by atoms with E-state index in [0.717, 1.165) is 0 Å². The van der Waals surface area contributed by atoms with Crippen LogP contribution in [0.5, 0.6) is 0 Å².